The summed E-state index contributed by atoms with van der Waals surface area (Å²) in [6, 6.07) is 13.7. The summed E-state index contributed by atoms with van der Waals surface area (Å²) in [6.07, 6.45) is 1.27. The smallest absolute Gasteiger partial charge is 0.169 e. The van der Waals surface area contributed by atoms with Gasteiger partial charge < -0.3 is 9.47 Å². The van der Waals surface area contributed by atoms with Gasteiger partial charge in [0, 0.05) is 22.0 Å². The topological polar surface area (TPSA) is 21.7 Å². The highest BCUT2D eigenvalue weighted by Crippen LogP contribution is 2.36. The van der Waals surface area contributed by atoms with Crippen LogP contribution < -0.4 is 9.47 Å². The number of likely N-dealkylation sites (tertiary alicyclic amines) is 1. The molecule has 122 valence electrons. The molecule has 3 rings (SSSR count). The van der Waals surface area contributed by atoms with E-state index in [0.717, 1.165) is 52.2 Å². The van der Waals surface area contributed by atoms with Crippen molar-refractivity contribution in [1.29, 1.82) is 0 Å². The predicted octanol–water partition coefficient (Wildman–Crippen LogP) is 5.48. The second-order valence-corrected chi connectivity index (χ2v) is 7.40. The largest absolute Gasteiger partial charge is 0.485 e. The summed E-state index contributed by atoms with van der Waals surface area (Å²) < 4.78 is 14.2. The number of hydrogen-bond donors (Lipinski definition) is 0. The average molecular weight is 441 g/mol. The fraction of sp³-hybridized carbons (Fsp3) is 0.333. The summed E-state index contributed by atoms with van der Waals surface area (Å²) in [5, 5.41) is 0. The fourth-order valence-corrected chi connectivity index (χ4v) is 3.39. The van der Waals surface area contributed by atoms with Gasteiger partial charge >= 0.3 is 0 Å². The normalized spacial score (nSPS) is 18.1. The Kier molecular flexibility index (Phi) is 5.62. The minimum Gasteiger partial charge on any atom is -0.485 e. The van der Waals surface area contributed by atoms with Crippen molar-refractivity contribution in [1.82, 2.24) is 4.90 Å². The third kappa shape index (κ3) is 4.49. The van der Waals surface area contributed by atoms with Crippen molar-refractivity contribution in [3.05, 3.63) is 51.4 Å². The van der Waals surface area contributed by atoms with Gasteiger partial charge in [0.2, 0.25) is 0 Å². The third-order valence-electron chi connectivity index (χ3n) is 3.90. The van der Waals surface area contributed by atoms with Crippen LogP contribution in [-0.4, -0.2) is 30.6 Å². The molecule has 1 heterocycles. The first-order valence-corrected chi connectivity index (χ1v) is 9.34. The van der Waals surface area contributed by atoms with E-state index < -0.39 is 0 Å². The molecule has 0 amide bonds. The van der Waals surface area contributed by atoms with E-state index in [-0.39, 0.29) is 6.10 Å². The molecule has 1 aliphatic rings. The van der Waals surface area contributed by atoms with Gasteiger partial charge in [-0.15, -0.1) is 0 Å². The van der Waals surface area contributed by atoms with E-state index in [0.29, 0.717) is 0 Å². The predicted molar refractivity (Wildman–Crippen MR) is 99.5 cm³/mol. The van der Waals surface area contributed by atoms with E-state index in [4.69, 9.17) is 9.47 Å². The molecule has 0 radical (unpaired) electrons. The van der Waals surface area contributed by atoms with E-state index in [2.05, 4.69) is 43.7 Å². The summed E-state index contributed by atoms with van der Waals surface area (Å²) in [6.45, 7) is 5.32. The maximum absolute atomic E-state index is 6.21. The molecule has 1 atom stereocenters. The maximum atomic E-state index is 6.21. The molecular weight excluding hydrogens is 422 g/mol. The average Bonchev–Trinajstić information content (AvgIpc) is 2.98. The third-order valence-corrected chi connectivity index (χ3v) is 4.89. The number of ether oxygens (including phenoxy) is 2. The highest BCUT2D eigenvalue weighted by atomic mass is 79.9. The number of rotatable bonds is 5. The van der Waals surface area contributed by atoms with Crippen molar-refractivity contribution >= 4 is 31.9 Å². The number of halogens is 2. The van der Waals surface area contributed by atoms with Gasteiger partial charge in [-0.3, -0.25) is 4.90 Å². The van der Waals surface area contributed by atoms with Gasteiger partial charge in [-0.05, 0) is 49.4 Å². The van der Waals surface area contributed by atoms with Crippen LogP contribution in [0.5, 0.6) is 17.2 Å². The van der Waals surface area contributed by atoms with Gasteiger partial charge in [0.1, 0.15) is 11.9 Å². The van der Waals surface area contributed by atoms with Crippen LogP contribution in [0.25, 0.3) is 0 Å². The minimum absolute atomic E-state index is 0.217. The lowest BCUT2D eigenvalue weighted by atomic mass is 10.3. The van der Waals surface area contributed by atoms with Crippen LogP contribution in [0.4, 0.5) is 0 Å². The Morgan fingerprint density at radius 2 is 1.91 bits per heavy atom. The zero-order valence-corrected chi connectivity index (χ0v) is 16.1. The number of nitrogens with zero attached hydrogens (tertiary/aromatic N) is 1. The molecule has 0 spiro atoms. The lowest BCUT2D eigenvalue weighted by Crippen LogP contribution is -2.24. The Morgan fingerprint density at radius 1 is 1.09 bits per heavy atom. The van der Waals surface area contributed by atoms with E-state index >= 15 is 0 Å². The van der Waals surface area contributed by atoms with Crippen LogP contribution in [0.15, 0.2) is 51.4 Å². The molecule has 0 saturated carbocycles. The number of likely N-dealkylation sites (N-methyl/N-ethyl adjacent to an activating group) is 1. The van der Waals surface area contributed by atoms with Crippen LogP contribution in [0.2, 0.25) is 0 Å². The zero-order valence-electron chi connectivity index (χ0n) is 13.0. The molecule has 0 aliphatic carbocycles. The monoisotopic (exact) mass is 439 g/mol. The minimum atomic E-state index is 0.217. The summed E-state index contributed by atoms with van der Waals surface area (Å²) in [4.78, 5) is 2.40. The molecule has 3 nitrogen and oxygen atoms in total. The van der Waals surface area contributed by atoms with Gasteiger partial charge in [0.25, 0.3) is 0 Å². The van der Waals surface area contributed by atoms with E-state index in [1.54, 1.807) is 0 Å². The standard InChI is InChI=1S/C18H19Br2NO2/c1-2-21-9-8-16(12-21)23-18-11-14(20)6-7-17(18)22-15-5-3-4-13(19)10-15/h3-7,10-11,16H,2,8-9,12H2,1H3. The second-order valence-electron chi connectivity index (χ2n) is 5.57. The Hall–Kier alpha value is -1.04. The molecule has 1 fully saturated rings. The summed E-state index contributed by atoms with van der Waals surface area (Å²) in [7, 11) is 0. The van der Waals surface area contributed by atoms with Crippen molar-refractivity contribution in [2.45, 2.75) is 19.4 Å². The van der Waals surface area contributed by atoms with Crippen LogP contribution >= 0.6 is 31.9 Å². The first-order valence-electron chi connectivity index (χ1n) is 7.76. The first-order chi connectivity index (χ1) is 11.1. The van der Waals surface area contributed by atoms with Crippen molar-refractivity contribution in [2.75, 3.05) is 19.6 Å². The highest BCUT2D eigenvalue weighted by Gasteiger charge is 2.24. The molecule has 1 unspecified atom stereocenters. The first kappa shape index (κ1) is 16.8. The SMILES string of the molecule is CCN1CCC(Oc2cc(Br)ccc2Oc2cccc(Br)c2)C1. The molecule has 2 aromatic carbocycles. The molecule has 5 heteroatoms. The van der Waals surface area contributed by atoms with Gasteiger partial charge in [-0.25, -0.2) is 0 Å². The zero-order chi connectivity index (χ0) is 16.2. The molecule has 1 aliphatic heterocycles. The maximum Gasteiger partial charge on any atom is 0.169 e. The van der Waals surface area contributed by atoms with E-state index in [9.17, 15) is 0 Å². The van der Waals surface area contributed by atoms with E-state index in [1.165, 1.54) is 0 Å². The lowest BCUT2D eigenvalue weighted by molar-refractivity contribution is 0.196. The molecule has 0 aromatic heterocycles. The summed E-state index contributed by atoms with van der Waals surface area (Å²) in [5.41, 5.74) is 0. The van der Waals surface area contributed by atoms with Crippen molar-refractivity contribution in [3.8, 4) is 17.2 Å². The van der Waals surface area contributed by atoms with Gasteiger partial charge in [0.15, 0.2) is 11.5 Å². The molecule has 2 aromatic rings. The lowest BCUT2D eigenvalue weighted by Gasteiger charge is -2.18. The Labute approximate surface area is 153 Å². The summed E-state index contributed by atoms with van der Waals surface area (Å²) >= 11 is 6.98. The number of hydrogen-bond acceptors (Lipinski definition) is 3. The number of benzene rings is 2. The van der Waals surface area contributed by atoms with Gasteiger partial charge in [-0.2, -0.15) is 0 Å². The van der Waals surface area contributed by atoms with Crippen LogP contribution in [0, 0.1) is 0 Å². The van der Waals surface area contributed by atoms with Crippen LogP contribution in [0.3, 0.4) is 0 Å². The van der Waals surface area contributed by atoms with Gasteiger partial charge in [-0.1, -0.05) is 44.8 Å². The Morgan fingerprint density at radius 3 is 2.65 bits per heavy atom. The van der Waals surface area contributed by atoms with Crippen LogP contribution in [0.1, 0.15) is 13.3 Å². The second kappa shape index (κ2) is 7.69. The summed E-state index contributed by atoms with van der Waals surface area (Å²) in [5.74, 6) is 2.30. The van der Waals surface area contributed by atoms with Crippen molar-refractivity contribution in [2.24, 2.45) is 0 Å². The quantitative estimate of drug-likeness (QED) is 0.614. The molecular formula is C18H19Br2NO2. The molecule has 0 bridgehead atoms. The van der Waals surface area contributed by atoms with Gasteiger partial charge in [0.05, 0.1) is 0 Å². The van der Waals surface area contributed by atoms with Crippen LogP contribution in [-0.2, 0) is 0 Å². The molecule has 1 saturated heterocycles. The van der Waals surface area contributed by atoms with E-state index in [1.807, 2.05) is 42.5 Å². The molecule has 0 N–H and O–H groups in total. The fourth-order valence-electron chi connectivity index (χ4n) is 2.68. The Bertz CT molecular complexity index is 678. The Balaban J connectivity index is 1.78. The van der Waals surface area contributed by atoms with Crippen molar-refractivity contribution < 1.29 is 9.47 Å². The molecule has 23 heavy (non-hydrogen) atoms. The highest BCUT2D eigenvalue weighted by molar-refractivity contribution is 9.10. The van der Waals surface area contributed by atoms with Crippen molar-refractivity contribution in [3.63, 3.8) is 0 Å².